The van der Waals surface area contributed by atoms with E-state index in [0.717, 1.165) is 115 Å². The van der Waals surface area contributed by atoms with Crippen LogP contribution in [0.25, 0.3) is 0 Å². The summed E-state index contributed by atoms with van der Waals surface area (Å²) in [7, 11) is -9.90. The number of carbonyl (C=O) groups is 4. The number of phosphoric acid groups is 2. The smallest absolute Gasteiger partial charge is 0.462 e. The third-order valence-electron chi connectivity index (χ3n) is 18.0. The van der Waals surface area contributed by atoms with Gasteiger partial charge in [0.05, 0.1) is 26.4 Å². The van der Waals surface area contributed by atoms with Gasteiger partial charge in [0.25, 0.3) is 0 Å². The van der Waals surface area contributed by atoms with Gasteiger partial charge >= 0.3 is 39.5 Å². The van der Waals surface area contributed by atoms with Gasteiger partial charge in [0.2, 0.25) is 0 Å². The van der Waals surface area contributed by atoms with Crippen molar-refractivity contribution in [1.82, 2.24) is 0 Å². The summed E-state index contributed by atoms with van der Waals surface area (Å²) in [5.41, 5.74) is 0. The zero-order valence-electron chi connectivity index (χ0n) is 62.5. The third kappa shape index (κ3) is 70.5. The maximum atomic E-state index is 13.1. The largest absolute Gasteiger partial charge is 0.472 e. The molecule has 96 heavy (non-hydrogen) atoms. The summed E-state index contributed by atoms with van der Waals surface area (Å²) in [5.74, 6) is -1.30. The van der Waals surface area contributed by atoms with Gasteiger partial charge in [0.1, 0.15) is 19.3 Å². The van der Waals surface area contributed by atoms with Crippen LogP contribution < -0.4 is 0 Å². The Labute approximate surface area is 588 Å². The first-order valence-electron chi connectivity index (χ1n) is 40.1. The van der Waals surface area contributed by atoms with Crippen LogP contribution in [0.1, 0.15) is 407 Å². The maximum absolute atomic E-state index is 13.1. The number of esters is 4. The summed E-state index contributed by atoms with van der Waals surface area (Å²) in [4.78, 5) is 72.5. The molecule has 570 valence electrons. The Bertz CT molecular complexity index is 1840. The summed E-state index contributed by atoms with van der Waals surface area (Å²) in [5, 5.41) is 10.6. The predicted molar refractivity (Wildman–Crippen MR) is 391 cm³/mol. The molecule has 0 aromatic rings. The molecule has 0 aliphatic rings. The quantitative estimate of drug-likeness (QED) is 0.0222. The minimum absolute atomic E-state index is 0.105. The SMILES string of the molecule is CCCCCCCCCCCCCCCCCCCCCCC(=O)OC[C@H](COP(=O)(O)OC[C@@H](O)COP(=O)(O)OC[C@@H](COC(=O)CCCCCCCCC)OC(=O)CCCCCCCCCC)OC(=O)CCCCCCCCCCCCCCCCCCCCC(C)C. The van der Waals surface area contributed by atoms with Gasteiger partial charge in [-0.15, -0.1) is 0 Å². The van der Waals surface area contributed by atoms with Crippen LogP contribution in [0.3, 0.4) is 0 Å². The van der Waals surface area contributed by atoms with Crippen LogP contribution in [0.2, 0.25) is 0 Å². The molecule has 0 heterocycles. The van der Waals surface area contributed by atoms with Gasteiger partial charge in [-0.3, -0.25) is 37.3 Å². The Morgan fingerprint density at radius 2 is 0.479 bits per heavy atom. The minimum Gasteiger partial charge on any atom is -0.462 e. The molecule has 0 saturated heterocycles. The predicted octanol–water partition coefficient (Wildman–Crippen LogP) is 22.9. The first-order chi connectivity index (χ1) is 46.5. The van der Waals surface area contributed by atoms with E-state index in [4.69, 9.17) is 37.0 Å². The molecule has 3 N–H and O–H groups in total. The lowest BCUT2D eigenvalue weighted by atomic mass is 10.0. The van der Waals surface area contributed by atoms with Crippen molar-refractivity contribution >= 4 is 39.5 Å². The van der Waals surface area contributed by atoms with Gasteiger partial charge in [0.15, 0.2) is 12.2 Å². The summed E-state index contributed by atoms with van der Waals surface area (Å²) in [6, 6.07) is 0. The first-order valence-corrected chi connectivity index (χ1v) is 43.1. The van der Waals surface area contributed by atoms with E-state index >= 15 is 0 Å². The van der Waals surface area contributed by atoms with Gasteiger partial charge in [-0.2, -0.15) is 0 Å². The molecule has 0 fully saturated rings. The number of aliphatic hydroxyl groups excluding tert-OH is 1. The third-order valence-corrected chi connectivity index (χ3v) is 19.9. The molecule has 17 nitrogen and oxygen atoms in total. The first kappa shape index (κ1) is 94.1. The molecule has 0 aromatic heterocycles. The second kappa shape index (κ2) is 70.1. The summed E-state index contributed by atoms with van der Waals surface area (Å²) < 4.78 is 68.3. The Balaban J connectivity index is 5.11. The standard InChI is InChI=1S/C77H150O17P2/c1-6-9-12-15-18-20-21-22-23-24-25-26-30-33-36-39-42-47-51-56-61-75(80)88-67-73(94-77(82)63-58-53-48-43-40-37-34-31-28-27-29-32-35-38-41-45-49-54-59-70(4)5)69-92-96(85,86)90-65-71(78)64-89-95(83,84)91-68-72(66-87-74(79)60-55-50-44-17-14-11-8-3)93-76(81)62-57-52-46-19-16-13-10-7-2/h70-73,78H,6-69H2,1-5H3,(H,83,84)(H,85,86)/t71-,72+,73+/m0/s1. The van der Waals surface area contributed by atoms with Crippen molar-refractivity contribution in [2.45, 2.75) is 425 Å². The molecule has 0 aromatic carbocycles. The van der Waals surface area contributed by atoms with Crippen molar-refractivity contribution in [3.05, 3.63) is 0 Å². The molecule has 0 saturated carbocycles. The van der Waals surface area contributed by atoms with Crippen LogP contribution in [0.4, 0.5) is 0 Å². The van der Waals surface area contributed by atoms with Crippen molar-refractivity contribution in [3.63, 3.8) is 0 Å². The molecule has 2 unspecified atom stereocenters. The highest BCUT2D eigenvalue weighted by Gasteiger charge is 2.30. The fourth-order valence-electron chi connectivity index (χ4n) is 11.9. The number of unbranched alkanes of at least 4 members (excludes halogenated alkanes) is 49. The van der Waals surface area contributed by atoms with E-state index in [1.54, 1.807) is 0 Å². The lowest BCUT2D eigenvalue weighted by Gasteiger charge is -2.21. The van der Waals surface area contributed by atoms with Crippen LogP contribution in [0.5, 0.6) is 0 Å². The highest BCUT2D eigenvalue weighted by molar-refractivity contribution is 7.47. The highest BCUT2D eigenvalue weighted by Crippen LogP contribution is 2.45. The lowest BCUT2D eigenvalue weighted by molar-refractivity contribution is -0.161. The molecule has 5 atom stereocenters. The van der Waals surface area contributed by atoms with Crippen molar-refractivity contribution in [3.8, 4) is 0 Å². The normalized spacial score (nSPS) is 13.9. The average molecular weight is 1410 g/mol. The van der Waals surface area contributed by atoms with Crippen molar-refractivity contribution in [2.75, 3.05) is 39.6 Å². The van der Waals surface area contributed by atoms with E-state index in [9.17, 15) is 43.2 Å². The molecule has 0 radical (unpaired) electrons. The molecule has 19 heteroatoms. The zero-order valence-corrected chi connectivity index (χ0v) is 64.3. The summed E-state index contributed by atoms with van der Waals surface area (Å²) in [6.45, 7) is 7.26. The van der Waals surface area contributed by atoms with E-state index in [1.807, 2.05) is 0 Å². The van der Waals surface area contributed by atoms with Crippen molar-refractivity contribution in [2.24, 2.45) is 5.92 Å². The second-order valence-corrected chi connectivity index (χ2v) is 31.1. The summed E-state index contributed by atoms with van der Waals surface area (Å²) in [6.07, 6.45) is 60.1. The lowest BCUT2D eigenvalue weighted by Crippen LogP contribution is -2.30. The maximum Gasteiger partial charge on any atom is 0.472 e. The molecule has 0 bridgehead atoms. The molecule has 0 rings (SSSR count). The van der Waals surface area contributed by atoms with Gasteiger partial charge in [-0.05, 0) is 31.6 Å². The fraction of sp³-hybridized carbons (Fsp3) is 0.948. The molecular weight excluding hydrogens is 1260 g/mol. The molecule has 0 spiro atoms. The second-order valence-electron chi connectivity index (χ2n) is 28.2. The van der Waals surface area contributed by atoms with Crippen molar-refractivity contribution in [1.29, 1.82) is 0 Å². The van der Waals surface area contributed by atoms with Crippen LogP contribution in [-0.4, -0.2) is 96.7 Å². The Morgan fingerprint density at radius 3 is 0.708 bits per heavy atom. The molecule has 0 aliphatic carbocycles. The number of aliphatic hydroxyl groups is 1. The number of carbonyl (C=O) groups excluding carboxylic acids is 4. The van der Waals surface area contributed by atoms with E-state index in [2.05, 4.69) is 34.6 Å². The van der Waals surface area contributed by atoms with Gasteiger partial charge in [-0.25, -0.2) is 9.13 Å². The number of hydrogen-bond donors (Lipinski definition) is 3. The topological polar surface area (TPSA) is 237 Å². The van der Waals surface area contributed by atoms with E-state index in [0.29, 0.717) is 25.7 Å². The van der Waals surface area contributed by atoms with Crippen LogP contribution >= 0.6 is 15.6 Å². The highest BCUT2D eigenvalue weighted by atomic mass is 31.2. The number of phosphoric ester groups is 2. The zero-order chi connectivity index (χ0) is 70.5. The Hall–Kier alpha value is -1.94. The van der Waals surface area contributed by atoms with E-state index in [-0.39, 0.29) is 25.7 Å². The minimum atomic E-state index is -4.96. The number of rotatable bonds is 77. The fourth-order valence-corrected chi connectivity index (χ4v) is 13.5. The average Bonchev–Trinajstić information content (AvgIpc) is 2.46. The van der Waals surface area contributed by atoms with E-state index in [1.165, 1.54) is 212 Å². The number of hydrogen-bond acceptors (Lipinski definition) is 15. The van der Waals surface area contributed by atoms with Gasteiger partial charge in [-0.1, -0.05) is 356 Å². The summed E-state index contributed by atoms with van der Waals surface area (Å²) >= 11 is 0. The van der Waals surface area contributed by atoms with E-state index < -0.39 is 97.5 Å². The van der Waals surface area contributed by atoms with Crippen LogP contribution in [-0.2, 0) is 65.4 Å². The van der Waals surface area contributed by atoms with Gasteiger partial charge < -0.3 is 33.8 Å². The Morgan fingerprint density at radius 1 is 0.281 bits per heavy atom. The van der Waals surface area contributed by atoms with Gasteiger partial charge in [0, 0.05) is 25.7 Å². The van der Waals surface area contributed by atoms with Crippen LogP contribution in [0, 0.1) is 5.92 Å². The number of ether oxygens (including phenoxy) is 4. The van der Waals surface area contributed by atoms with Crippen molar-refractivity contribution < 1.29 is 80.2 Å². The Kier molecular flexibility index (Phi) is 68.7. The molecule has 0 amide bonds. The molecule has 0 aliphatic heterocycles. The molecular formula is C77H150O17P2. The van der Waals surface area contributed by atoms with Crippen LogP contribution in [0.15, 0.2) is 0 Å². The monoisotopic (exact) mass is 1410 g/mol.